The third kappa shape index (κ3) is 6.43. The molecule has 1 N–H and O–H groups in total. The number of anilines is 1. The standard InChI is InChI=1S/C26H30N2O4S/c1-19(2)22-10-14-24(15-11-22)32-20(3)26(29)27-23-12-16-25(17-13-23)33(30,31)28(4)18-21-8-6-5-7-9-21/h5-17,19-20H,18H2,1-4H3,(H,27,29). The fourth-order valence-electron chi connectivity index (χ4n) is 3.25. The van der Waals surface area contributed by atoms with Gasteiger partial charge in [-0.3, -0.25) is 4.79 Å². The summed E-state index contributed by atoms with van der Waals surface area (Å²) in [5.74, 6) is 0.717. The zero-order valence-electron chi connectivity index (χ0n) is 19.4. The van der Waals surface area contributed by atoms with Crippen molar-refractivity contribution in [3.63, 3.8) is 0 Å². The van der Waals surface area contributed by atoms with E-state index < -0.39 is 16.1 Å². The highest BCUT2D eigenvalue weighted by molar-refractivity contribution is 7.89. The minimum atomic E-state index is -3.65. The van der Waals surface area contributed by atoms with E-state index in [9.17, 15) is 13.2 Å². The van der Waals surface area contributed by atoms with E-state index in [1.165, 1.54) is 22.0 Å². The van der Waals surface area contributed by atoms with Crippen LogP contribution < -0.4 is 10.1 Å². The molecule has 0 saturated heterocycles. The molecule has 3 aromatic carbocycles. The summed E-state index contributed by atoms with van der Waals surface area (Å²) < 4.78 is 32.8. The summed E-state index contributed by atoms with van der Waals surface area (Å²) in [5.41, 5.74) is 2.60. The van der Waals surface area contributed by atoms with Crippen LogP contribution in [0.5, 0.6) is 5.75 Å². The average Bonchev–Trinajstić information content (AvgIpc) is 2.80. The largest absolute Gasteiger partial charge is 0.481 e. The van der Waals surface area contributed by atoms with Gasteiger partial charge in [0, 0.05) is 19.3 Å². The number of sulfonamides is 1. The van der Waals surface area contributed by atoms with Crippen molar-refractivity contribution in [3.8, 4) is 5.75 Å². The lowest BCUT2D eigenvalue weighted by Crippen LogP contribution is -2.30. The maximum Gasteiger partial charge on any atom is 0.265 e. The van der Waals surface area contributed by atoms with Gasteiger partial charge in [-0.15, -0.1) is 0 Å². The normalized spacial score (nSPS) is 12.5. The number of hydrogen-bond donors (Lipinski definition) is 1. The van der Waals surface area contributed by atoms with Gasteiger partial charge in [0.2, 0.25) is 10.0 Å². The quantitative estimate of drug-likeness (QED) is 0.480. The lowest BCUT2D eigenvalue weighted by atomic mass is 10.0. The molecule has 33 heavy (non-hydrogen) atoms. The van der Waals surface area contributed by atoms with Crippen LogP contribution >= 0.6 is 0 Å². The van der Waals surface area contributed by atoms with Gasteiger partial charge >= 0.3 is 0 Å². The summed E-state index contributed by atoms with van der Waals surface area (Å²) >= 11 is 0. The highest BCUT2D eigenvalue weighted by Crippen LogP contribution is 2.21. The van der Waals surface area contributed by atoms with Crippen molar-refractivity contribution in [2.75, 3.05) is 12.4 Å². The van der Waals surface area contributed by atoms with Crippen LogP contribution in [0.15, 0.2) is 83.8 Å². The molecule has 0 radical (unpaired) electrons. The lowest BCUT2D eigenvalue weighted by Gasteiger charge is -2.18. The van der Waals surface area contributed by atoms with Gasteiger partial charge in [-0.25, -0.2) is 8.42 Å². The Morgan fingerprint density at radius 3 is 2.09 bits per heavy atom. The topological polar surface area (TPSA) is 75.7 Å². The molecule has 0 aromatic heterocycles. The molecule has 6 nitrogen and oxygen atoms in total. The molecule has 0 fully saturated rings. The van der Waals surface area contributed by atoms with Gasteiger partial charge in [-0.05, 0) is 60.4 Å². The highest BCUT2D eigenvalue weighted by atomic mass is 32.2. The molecule has 174 valence electrons. The summed E-state index contributed by atoms with van der Waals surface area (Å²) in [6.07, 6.45) is -0.713. The molecule has 1 atom stereocenters. The molecule has 0 bridgehead atoms. The van der Waals surface area contributed by atoms with Crippen LogP contribution in [-0.2, 0) is 21.4 Å². The van der Waals surface area contributed by atoms with Crippen LogP contribution in [0.4, 0.5) is 5.69 Å². The van der Waals surface area contributed by atoms with E-state index in [0.717, 1.165) is 5.56 Å². The Morgan fingerprint density at radius 1 is 0.909 bits per heavy atom. The second-order valence-electron chi connectivity index (χ2n) is 8.24. The predicted molar refractivity (Wildman–Crippen MR) is 131 cm³/mol. The Labute approximate surface area is 196 Å². The van der Waals surface area contributed by atoms with Gasteiger partial charge in [0.15, 0.2) is 6.10 Å². The van der Waals surface area contributed by atoms with Gasteiger partial charge in [0.05, 0.1) is 4.90 Å². The zero-order chi connectivity index (χ0) is 24.0. The Hall–Kier alpha value is -3.16. The van der Waals surface area contributed by atoms with E-state index in [0.29, 0.717) is 17.4 Å². The predicted octanol–water partition coefficient (Wildman–Crippen LogP) is 5.04. The fourth-order valence-corrected chi connectivity index (χ4v) is 4.41. The molecular weight excluding hydrogens is 436 g/mol. The highest BCUT2D eigenvalue weighted by Gasteiger charge is 2.21. The number of rotatable bonds is 9. The van der Waals surface area contributed by atoms with E-state index >= 15 is 0 Å². The molecule has 3 rings (SSSR count). The summed E-state index contributed by atoms with van der Waals surface area (Å²) in [5, 5.41) is 2.77. The van der Waals surface area contributed by atoms with Gasteiger partial charge < -0.3 is 10.1 Å². The molecule has 0 heterocycles. The van der Waals surface area contributed by atoms with Crippen molar-refractivity contribution in [2.24, 2.45) is 0 Å². The number of carbonyl (C=O) groups is 1. The van der Waals surface area contributed by atoms with E-state index in [4.69, 9.17) is 4.74 Å². The summed E-state index contributed by atoms with van der Waals surface area (Å²) in [7, 11) is -2.11. The van der Waals surface area contributed by atoms with E-state index in [-0.39, 0.29) is 17.3 Å². The number of nitrogens with one attached hydrogen (secondary N) is 1. The molecule has 0 aliphatic carbocycles. The lowest BCUT2D eigenvalue weighted by molar-refractivity contribution is -0.122. The number of benzene rings is 3. The second-order valence-corrected chi connectivity index (χ2v) is 10.3. The third-order valence-electron chi connectivity index (χ3n) is 5.31. The SMILES string of the molecule is CC(Oc1ccc(C(C)C)cc1)C(=O)Nc1ccc(S(=O)(=O)N(C)Cc2ccccc2)cc1. The van der Waals surface area contributed by atoms with Crippen LogP contribution in [0.2, 0.25) is 0 Å². The number of amides is 1. The van der Waals surface area contributed by atoms with Crippen molar-refractivity contribution in [3.05, 3.63) is 90.0 Å². The average molecular weight is 467 g/mol. The van der Waals surface area contributed by atoms with Gasteiger partial charge in [-0.1, -0.05) is 56.3 Å². The first-order valence-electron chi connectivity index (χ1n) is 10.8. The zero-order valence-corrected chi connectivity index (χ0v) is 20.2. The van der Waals surface area contributed by atoms with Crippen molar-refractivity contribution in [1.29, 1.82) is 0 Å². The van der Waals surface area contributed by atoms with Crippen molar-refractivity contribution < 1.29 is 17.9 Å². The molecule has 1 unspecified atom stereocenters. The van der Waals surface area contributed by atoms with Crippen LogP contribution in [0.1, 0.15) is 37.8 Å². The first kappa shape index (κ1) is 24.5. The number of ether oxygens (including phenoxy) is 1. The van der Waals surface area contributed by atoms with Gasteiger partial charge in [0.25, 0.3) is 5.91 Å². The molecule has 0 saturated carbocycles. The smallest absolute Gasteiger partial charge is 0.265 e. The Morgan fingerprint density at radius 2 is 1.52 bits per heavy atom. The molecule has 3 aromatic rings. The molecule has 0 aliphatic heterocycles. The summed E-state index contributed by atoms with van der Waals surface area (Å²) in [6.45, 7) is 6.17. The van der Waals surface area contributed by atoms with Gasteiger partial charge in [-0.2, -0.15) is 4.31 Å². The van der Waals surface area contributed by atoms with Crippen molar-refractivity contribution >= 4 is 21.6 Å². The Bertz CT molecular complexity index is 1160. The fraction of sp³-hybridized carbons (Fsp3) is 0.269. The summed E-state index contributed by atoms with van der Waals surface area (Å²) in [6, 6.07) is 23.2. The minimum Gasteiger partial charge on any atom is -0.481 e. The number of hydrogen-bond acceptors (Lipinski definition) is 4. The monoisotopic (exact) mass is 466 g/mol. The number of nitrogens with zero attached hydrogens (tertiary/aromatic N) is 1. The number of carbonyl (C=O) groups excluding carboxylic acids is 1. The Balaban J connectivity index is 1.60. The van der Waals surface area contributed by atoms with Crippen LogP contribution in [0.3, 0.4) is 0 Å². The molecular formula is C26H30N2O4S. The third-order valence-corrected chi connectivity index (χ3v) is 7.12. The van der Waals surface area contributed by atoms with Crippen LogP contribution in [0.25, 0.3) is 0 Å². The van der Waals surface area contributed by atoms with E-state index in [1.807, 2.05) is 54.6 Å². The molecule has 0 spiro atoms. The van der Waals surface area contributed by atoms with Crippen LogP contribution in [0, 0.1) is 0 Å². The maximum atomic E-state index is 12.9. The maximum absolute atomic E-state index is 12.9. The van der Waals surface area contributed by atoms with Gasteiger partial charge in [0.1, 0.15) is 5.75 Å². The van der Waals surface area contributed by atoms with E-state index in [2.05, 4.69) is 19.2 Å². The second kappa shape index (κ2) is 10.6. The first-order chi connectivity index (χ1) is 15.7. The molecule has 1 amide bonds. The molecule has 0 aliphatic rings. The first-order valence-corrected chi connectivity index (χ1v) is 12.3. The Kier molecular flexibility index (Phi) is 7.89. The minimum absolute atomic E-state index is 0.161. The van der Waals surface area contributed by atoms with Crippen molar-refractivity contribution in [1.82, 2.24) is 4.31 Å². The van der Waals surface area contributed by atoms with E-state index in [1.54, 1.807) is 26.1 Å². The van der Waals surface area contributed by atoms with Crippen LogP contribution in [-0.4, -0.2) is 31.8 Å². The van der Waals surface area contributed by atoms with Crippen molar-refractivity contribution in [2.45, 2.75) is 44.2 Å². The molecule has 7 heteroatoms. The summed E-state index contributed by atoms with van der Waals surface area (Å²) in [4.78, 5) is 12.7.